The second kappa shape index (κ2) is 48.8. The number of Topliss-reactive ketones (excluding diaryl/α,β-unsaturated/α-hetero) is 3. The number of ether oxygens (including phenoxy) is 4. The lowest BCUT2D eigenvalue weighted by Gasteiger charge is -2.17. The highest BCUT2D eigenvalue weighted by atomic mass is 79.9. The van der Waals surface area contributed by atoms with Crippen molar-refractivity contribution in [2.75, 3.05) is 76.6 Å². The molecule has 0 aromatic rings. The first-order chi connectivity index (χ1) is 33.4. The Morgan fingerprint density at radius 2 is 0.870 bits per heavy atom. The summed E-state index contributed by atoms with van der Waals surface area (Å²) in [6.07, 6.45) is 21.1. The molecule has 400 valence electrons. The van der Waals surface area contributed by atoms with E-state index in [1.807, 2.05) is 0 Å². The molecule has 19 heteroatoms. The van der Waals surface area contributed by atoms with Gasteiger partial charge in [0.15, 0.2) is 5.78 Å². The molecular weight excluding hydrogens is 1030 g/mol. The number of unbranched alkanes of at least 4 members (excludes halogenated alkanes) is 14. The van der Waals surface area contributed by atoms with Crippen molar-refractivity contribution in [3.05, 3.63) is 0 Å². The van der Waals surface area contributed by atoms with E-state index >= 15 is 0 Å². The van der Waals surface area contributed by atoms with Gasteiger partial charge in [0, 0.05) is 71.2 Å². The maximum absolute atomic E-state index is 12.7. The van der Waals surface area contributed by atoms with E-state index in [9.17, 15) is 43.5 Å². The van der Waals surface area contributed by atoms with Crippen molar-refractivity contribution in [3.63, 3.8) is 0 Å². The molecule has 0 aliphatic carbocycles. The summed E-state index contributed by atoms with van der Waals surface area (Å²) in [6.45, 7) is 3.45. The third-order valence-corrected chi connectivity index (χ3v) is 12.4. The molecule has 0 bridgehead atoms. The molecule has 0 radical (unpaired) electrons. The molecule has 0 fully saturated rings. The van der Waals surface area contributed by atoms with Crippen LogP contribution in [0.5, 0.6) is 0 Å². The summed E-state index contributed by atoms with van der Waals surface area (Å²) in [7, 11) is 0. The normalized spacial score (nSPS) is 12.0. The van der Waals surface area contributed by atoms with E-state index in [0.717, 1.165) is 44.9 Å². The summed E-state index contributed by atoms with van der Waals surface area (Å²) in [5.41, 5.74) is 0. The third-order valence-electron chi connectivity index (χ3n) is 11.4. The average molecular weight is 1110 g/mol. The number of halogens is 2. The van der Waals surface area contributed by atoms with Crippen LogP contribution in [0.25, 0.3) is 0 Å². The maximum Gasteiger partial charge on any atom is 0.306 e. The van der Waals surface area contributed by atoms with Crippen molar-refractivity contribution >= 4 is 78.9 Å². The summed E-state index contributed by atoms with van der Waals surface area (Å²) < 4.78 is 22.0. The van der Waals surface area contributed by atoms with Crippen molar-refractivity contribution in [2.45, 2.75) is 186 Å². The number of hydrogen-bond donors (Lipinski definition) is 5. The number of rotatable bonds is 53. The molecule has 0 saturated heterocycles. The van der Waals surface area contributed by atoms with E-state index in [2.05, 4.69) is 47.8 Å². The van der Waals surface area contributed by atoms with Crippen molar-refractivity contribution in [1.82, 2.24) is 16.0 Å². The van der Waals surface area contributed by atoms with Crippen LogP contribution in [-0.2, 0) is 57.3 Å². The fourth-order valence-electron chi connectivity index (χ4n) is 7.38. The Morgan fingerprint density at radius 1 is 0.406 bits per heavy atom. The Labute approximate surface area is 428 Å². The monoisotopic (exact) mass is 1110 g/mol. The molecule has 0 aromatic heterocycles. The van der Waals surface area contributed by atoms with Crippen LogP contribution in [0.2, 0.25) is 0 Å². The maximum atomic E-state index is 12.7. The standard InChI is InChI=1S/C50H87Br2N3O14/c51-39-47(60)54-29-17-23-44(55-48(61)40-52)45(58)24-19-31-67-34-36-68-32-26-42(56)22-18-30-66-35-37-69-33-27-46(59)53-28-16-15-20-41(50(64)65)38-43(57)21-13-11-9-7-5-3-1-2-4-6-8-10-12-14-25-49(62)63/h41,44H,1-40H2,(H,53,59)(H,54,60)(H,55,61)(H,62,63)(H,64,65)/t41?,44-/m0/s1. The predicted molar refractivity (Wildman–Crippen MR) is 272 cm³/mol. The number of carboxylic acids is 2. The fraction of sp³-hybridized carbons (Fsp3) is 0.840. The number of hydrogen-bond acceptors (Lipinski definition) is 12. The lowest BCUT2D eigenvalue weighted by molar-refractivity contribution is -0.144. The Morgan fingerprint density at radius 3 is 1.41 bits per heavy atom. The summed E-state index contributed by atoms with van der Waals surface area (Å²) >= 11 is 6.17. The van der Waals surface area contributed by atoms with Crippen LogP contribution < -0.4 is 16.0 Å². The van der Waals surface area contributed by atoms with Gasteiger partial charge in [-0.05, 0) is 51.4 Å². The van der Waals surface area contributed by atoms with E-state index in [0.29, 0.717) is 111 Å². The SMILES string of the molecule is O=C(O)CCCCCCCCCCCCCCCCC(=O)CC(CCCCNC(=O)CCOCCOCCCC(=O)CCOCCOCCCC(=O)[C@H](CCCNC(=O)CBr)NC(=O)CBr)C(=O)O. The van der Waals surface area contributed by atoms with Gasteiger partial charge in [-0.3, -0.25) is 38.4 Å². The smallest absolute Gasteiger partial charge is 0.306 e. The second-order valence-corrected chi connectivity index (χ2v) is 18.6. The lowest BCUT2D eigenvalue weighted by atomic mass is 9.94. The van der Waals surface area contributed by atoms with Crippen LogP contribution in [0.3, 0.4) is 0 Å². The van der Waals surface area contributed by atoms with Gasteiger partial charge in [0.05, 0.1) is 62.3 Å². The summed E-state index contributed by atoms with van der Waals surface area (Å²) in [5.74, 6) is -2.94. The van der Waals surface area contributed by atoms with E-state index in [4.69, 9.17) is 24.1 Å². The summed E-state index contributed by atoms with van der Waals surface area (Å²) in [6, 6.07) is -0.623. The number of aliphatic carboxylic acids is 2. The lowest BCUT2D eigenvalue weighted by Crippen LogP contribution is -2.42. The molecule has 17 nitrogen and oxygen atoms in total. The topological polar surface area (TPSA) is 250 Å². The zero-order chi connectivity index (χ0) is 51.0. The Hall–Kier alpha value is -2.84. The van der Waals surface area contributed by atoms with Crippen molar-refractivity contribution in [2.24, 2.45) is 5.92 Å². The molecule has 0 aliphatic rings. The van der Waals surface area contributed by atoms with E-state index < -0.39 is 23.9 Å². The number of carboxylic acid groups (broad SMARTS) is 2. The Bertz CT molecular complexity index is 1390. The van der Waals surface area contributed by atoms with E-state index in [1.165, 1.54) is 44.9 Å². The second-order valence-electron chi connectivity index (χ2n) is 17.5. The average Bonchev–Trinajstić information content (AvgIpc) is 3.32. The largest absolute Gasteiger partial charge is 0.481 e. The first-order valence-corrected chi connectivity index (χ1v) is 27.9. The van der Waals surface area contributed by atoms with Gasteiger partial charge in [-0.25, -0.2) is 0 Å². The molecule has 0 aromatic carbocycles. The summed E-state index contributed by atoms with van der Waals surface area (Å²) in [4.78, 5) is 95.0. The zero-order valence-corrected chi connectivity index (χ0v) is 44.7. The van der Waals surface area contributed by atoms with E-state index in [1.54, 1.807) is 0 Å². The highest BCUT2D eigenvalue weighted by molar-refractivity contribution is 9.09. The zero-order valence-electron chi connectivity index (χ0n) is 41.5. The van der Waals surface area contributed by atoms with Crippen LogP contribution in [0.4, 0.5) is 0 Å². The number of nitrogens with one attached hydrogen (secondary N) is 3. The van der Waals surface area contributed by atoms with Crippen LogP contribution >= 0.6 is 31.9 Å². The minimum Gasteiger partial charge on any atom is -0.481 e. The Kier molecular flexibility index (Phi) is 46.8. The molecular formula is C50H87Br2N3O14. The molecule has 0 saturated carbocycles. The molecule has 5 N–H and O–H groups in total. The predicted octanol–water partition coefficient (Wildman–Crippen LogP) is 7.98. The van der Waals surface area contributed by atoms with Crippen molar-refractivity contribution in [1.29, 1.82) is 0 Å². The van der Waals surface area contributed by atoms with Crippen LogP contribution in [0, 0.1) is 5.92 Å². The van der Waals surface area contributed by atoms with Gasteiger partial charge in [0.1, 0.15) is 11.6 Å². The highest BCUT2D eigenvalue weighted by Crippen LogP contribution is 2.18. The molecule has 0 heterocycles. The van der Waals surface area contributed by atoms with Gasteiger partial charge in [0.25, 0.3) is 0 Å². The fourth-order valence-corrected chi connectivity index (χ4v) is 7.74. The number of amides is 3. The van der Waals surface area contributed by atoms with Gasteiger partial charge in [-0.1, -0.05) is 115 Å². The minimum absolute atomic E-state index is 0.00598. The first-order valence-electron chi connectivity index (χ1n) is 25.7. The Balaban J connectivity index is 3.71. The van der Waals surface area contributed by atoms with E-state index in [-0.39, 0.29) is 91.0 Å². The molecule has 3 amide bonds. The molecule has 2 atom stereocenters. The summed E-state index contributed by atoms with van der Waals surface area (Å²) in [5, 5.41) is 26.9. The molecule has 0 rings (SSSR count). The molecule has 1 unspecified atom stereocenters. The number of ketones is 3. The van der Waals surface area contributed by atoms with Crippen LogP contribution in [0.1, 0.15) is 180 Å². The highest BCUT2D eigenvalue weighted by Gasteiger charge is 2.21. The van der Waals surface area contributed by atoms with Gasteiger partial charge in [-0.2, -0.15) is 0 Å². The quantitative estimate of drug-likeness (QED) is 0.0286. The number of carbonyl (C=O) groups excluding carboxylic acids is 6. The van der Waals surface area contributed by atoms with Crippen LogP contribution in [-0.4, -0.2) is 140 Å². The van der Waals surface area contributed by atoms with Crippen LogP contribution in [0.15, 0.2) is 0 Å². The number of alkyl halides is 2. The van der Waals surface area contributed by atoms with Crippen molar-refractivity contribution in [3.8, 4) is 0 Å². The van der Waals surface area contributed by atoms with Crippen molar-refractivity contribution < 1.29 is 67.5 Å². The van der Waals surface area contributed by atoms with Gasteiger partial charge >= 0.3 is 11.9 Å². The van der Waals surface area contributed by atoms with Gasteiger partial charge in [-0.15, -0.1) is 0 Å². The third kappa shape index (κ3) is 46.0. The number of carbonyl (C=O) groups is 8. The molecule has 69 heavy (non-hydrogen) atoms. The van der Waals surface area contributed by atoms with Gasteiger partial charge < -0.3 is 45.1 Å². The minimum atomic E-state index is -0.950. The first kappa shape index (κ1) is 66.2. The molecule has 0 spiro atoms. The molecule has 0 aliphatic heterocycles. The van der Waals surface area contributed by atoms with Gasteiger partial charge in [0.2, 0.25) is 17.7 Å².